The number of likely N-dealkylation sites (tertiary alicyclic amines) is 1. The van der Waals surface area contributed by atoms with E-state index < -0.39 is 0 Å². The Morgan fingerprint density at radius 3 is 2.85 bits per heavy atom. The van der Waals surface area contributed by atoms with Crippen LogP contribution in [0.25, 0.3) is 0 Å². The fourth-order valence-electron chi connectivity index (χ4n) is 4.22. The van der Waals surface area contributed by atoms with Crippen LogP contribution in [0.2, 0.25) is 0 Å². The zero-order chi connectivity index (χ0) is 17.9. The fraction of sp³-hybridized carbons (Fsp3) is 0.632. The van der Waals surface area contributed by atoms with Crippen molar-refractivity contribution in [1.29, 1.82) is 0 Å². The van der Waals surface area contributed by atoms with Gasteiger partial charge < -0.3 is 9.88 Å². The summed E-state index contributed by atoms with van der Waals surface area (Å²) >= 11 is 0. The zero-order valence-electron chi connectivity index (χ0n) is 15.4. The Balaban J connectivity index is 1.45. The molecule has 2 aromatic rings. The molecule has 2 aromatic heterocycles. The molecule has 2 fully saturated rings. The number of aromatic nitrogens is 4. The Labute approximate surface area is 154 Å². The number of amides is 1. The molecule has 1 saturated heterocycles. The monoisotopic (exact) mass is 356 g/mol. The third kappa shape index (κ3) is 3.67. The fourth-order valence-corrected chi connectivity index (χ4v) is 4.22. The van der Waals surface area contributed by atoms with Gasteiger partial charge in [0.05, 0.1) is 18.3 Å². The van der Waals surface area contributed by atoms with Gasteiger partial charge in [-0.25, -0.2) is 4.98 Å². The molecule has 0 aromatic carbocycles. The first-order valence-corrected chi connectivity index (χ1v) is 9.77. The Morgan fingerprint density at radius 1 is 1.27 bits per heavy atom. The van der Waals surface area contributed by atoms with Crippen molar-refractivity contribution >= 4 is 5.91 Å². The van der Waals surface area contributed by atoms with Gasteiger partial charge in [-0.2, -0.15) is 5.10 Å². The van der Waals surface area contributed by atoms with Crippen LogP contribution >= 0.6 is 0 Å². The van der Waals surface area contributed by atoms with Gasteiger partial charge in [0.2, 0.25) is 0 Å². The third-order valence-electron chi connectivity index (χ3n) is 5.76. The van der Waals surface area contributed by atoms with Crippen LogP contribution in [0.15, 0.2) is 18.5 Å². The van der Waals surface area contributed by atoms with Crippen LogP contribution in [0, 0.1) is 0 Å². The Morgan fingerprint density at radius 2 is 2.08 bits per heavy atom. The number of imidazole rings is 1. The maximum Gasteiger partial charge on any atom is 0.271 e. The predicted molar refractivity (Wildman–Crippen MR) is 98.5 cm³/mol. The van der Waals surface area contributed by atoms with Crippen LogP contribution < -0.4 is 5.32 Å². The summed E-state index contributed by atoms with van der Waals surface area (Å²) in [5.74, 6) is 1.02. The second kappa shape index (κ2) is 7.61. The summed E-state index contributed by atoms with van der Waals surface area (Å²) in [6.45, 7) is 1.86. The number of hydrogen-bond donors (Lipinski definition) is 2. The molecular weight excluding hydrogens is 328 g/mol. The van der Waals surface area contributed by atoms with E-state index in [4.69, 9.17) is 0 Å². The second-order valence-electron chi connectivity index (χ2n) is 7.60. The molecule has 7 heteroatoms. The summed E-state index contributed by atoms with van der Waals surface area (Å²) in [7, 11) is 2.03. The van der Waals surface area contributed by atoms with Crippen molar-refractivity contribution < 1.29 is 4.79 Å². The van der Waals surface area contributed by atoms with Gasteiger partial charge >= 0.3 is 0 Å². The van der Waals surface area contributed by atoms with Crippen LogP contribution in [-0.2, 0) is 13.6 Å². The van der Waals surface area contributed by atoms with Gasteiger partial charge in [0.25, 0.3) is 5.91 Å². The van der Waals surface area contributed by atoms with Crippen molar-refractivity contribution in [3.8, 4) is 0 Å². The predicted octanol–water partition coefficient (Wildman–Crippen LogP) is 2.54. The number of aryl methyl sites for hydroxylation is 1. The first kappa shape index (κ1) is 17.3. The van der Waals surface area contributed by atoms with Crippen LogP contribution in [0.5, 0.6) is 0 Å². The highest BCUT2D eigenvalue weighted by Crippen LogP contribution is 2.31. The summed E-state index contributed by atoms with van der Waals surface area (Å²) in [5, 5.41) is 10.5. The molecule has 0 spiro atoms. The lowest BCUT2D eigenvalue weighted by Gasteiger charge is -2.34. The second-order valence-corrected chi connectivity index (χ2v) is 7.60. The molecule has 1 aliphatic carbocycles. The van der Waals surface area contributed by atoms with Crippen LogP contribution in [0.3, 0.4) is 0 Å². The Bertz CT molecular complexity index is 745. The van der Waals surface area contributed by atoms with E-state index in [0.29, 0.717) is 11.7 Å². The summed E-state index contributed by atoms with van der Waals surface area (Å²) < 4.78 is 2.07. The van der Waals surface area contributed by atoms with E-state index in [-0.39, 0.29) is 11.9 Å². The molecule has 140 valence electrons. The van der Waals surface area contributed by atoms with Gasteiger partial charge in [0.1, 0.15) is 11.5 Å². The number of carbonyl (C=O) groups excluding carboxylic acids is 1. The number of nitrogens with zero attached hydrogens (tertiary/aromatic N) is 4. The molecule has 26 heavy (non-hydrogen) atoms. The molecule has 3 heterocycles. The number of aromatic amines is 1. The Hall–Kier alpha value is -2.15. The van der Waals surface area contributed by atoms with E-state index in [1.165, 1.54) is 25.7 Å². The van der Waals surface area contributed by atoms with Crippen LogP contribution in [0.4, 0.5) is 0 Å². The van der Waals surface area contributed by atoms with Crippen molar-refractivity contribution in [3.05, 3.63) is 35.7 Å². The highest BCUT2D eigenvalue weighted by atomic mass is 16.2. The van der Waals surface area contributed by atoms with Crippen LogP contribution in [0.1, 0.15) is 73.0 Å². The molecule has 2 aliphatic rings. The van der Waals surface area contributed by atoms with Crippen molar-refractivity contribution in [1.82, 2.24) is 30.0 Å². The van der Waals surface area contributed by atoms with Crippen LogP contribution in [-0.4, -0.2) is 43.1 Å². The maximum atomic E-state index is 12.5. The maximum absolute atomic E-state index is 12.5. The zero-order valence-corrected chi connectivity index (χ0v) is 15.4. The topological polar surface area (TPSA) is 78.8 Å². The SMILES string of the molecule is Cn1ccnc1CN1CCCC[C@@H]1c1cc(C(=O)NC2CCCC2)n[nH]1. The lowest BCUT2D eigenvalue weighted by molar-refractivity contribution is 0.0932. The quantitative estimate of drug-likeness (QED) is 0.863. The number of piperidine rings is 1. The van der Waals surface area contributed by atoms with Crippen molar-refractivity contribution in [2.45, 2.75) is 63.6 Å². The van der Waals surface area contributed by atoms with Crippen molar-refractivity contribution in [3.63, 3.8) is 0 Å². The standard InChI is InChI=1S/C19H28N6O/c1-24-11-9-20-18(24)13-25-10-5-4-8-17(25)15-12-16(23-22-15)19(26)21-14-6-2-3-7-14/h9,11-12,14,17H,2-8,10,13H2,1H3,(H,21,26)(H,22,23)/t17-/m1/s1. The number of nitrogens with one attached hydrogen (secondary N) is 2. The first-order chi connectivity index (χ1) is 12.7. The summed E-state index contributed by atoms with van der Waals surface area (Å²) in [6.07, 6.45) is 11.9. The lowest BCUT2D eigenvalue weighted by Crippen LogP contribution is -2.34. The normalized spacial score (nSPS) is 22.0. The first-order valence-electron chi connectivity index (χ1n) is 9.77. The van der Waals surface area contributed by atoms with E-state index in [2.05, 4.69) is 30.0 Å². The Kier molecular flexibility index (Phi) is 5.06. The van der Waals surface area contributed by atoms with E-state index in [0.717, 1.165) is 43.9 Å². The van der Waals surface area contributed by atoms with Gasteiger partial charge in [-0.05, 0) is 38.3 Å². The number of rotatable bonds is 5. The molecule has 0 bridgehead atoms. The average Bonchev–Trinajstić information content (AvgIpc) is 3.39. The molecular formula is C19H28N6O. The van der Waals surface area contributed by atoms with E-state index >= 15 is 0 Å². The minimum atomic E-state index is -0.0501. The van der Waals surface area contributed by atoms with Crippen molar-refractivity contribution in [2.75, 3.05) is 6.54 Å². The van der Waals surface area contributed by atoms with Gasteiger partial charge in [0, 0.05) is 25.5 Å². The molecule has 0 radical (unpaired) electrons. The molecule has 2 N–H and O–H groups in total. The molecule has 1 amide bonds. The van der Waals surface area contributed by atoms with Crippen molar-refractivity contribution in [2.24, 2.45) is 7.05 Å². The summed E-state index contributed by atoms with van der Waals surface area (Å²) in [4.78, 5) is 19.4. The largest absolute Gasteiger partial charge is 0.348 e. The van der Waals surface area contributed by atoms with Gasteiger partial charge in [-0.3, -0.25) is 14.8 Å². The third-order valence-corrected chi connectivity index (χ3v) is 5.76. The number of carbonyl (C=O) groups is 1. The minimum absolute atomic E-state index is 0.0501. The molecule has 1 atom stereocenters. The molecule has 7 nitrogen and oxygen atoms in total. The minimum Gasteiger partial charge on any atom is -0.348 e. The lowest BCUT2D eigenvalue weighted by atomic mass is 9.99. The summed E-state index contributed by atoms with van der Waals surface area (Å²) in [6, 6.07) is 2.52. The number of H-pyrrole nitrogens is 1. The van der Waals surface area contributed by atoms with E-state index in [1.807, 2.05) is 25.5 Å². The molecule has 1 aliphatic heterocycles. The van der Waals surface area contributed by atoms with E-state index in [9.17, 15) is 4.79 Å². The molecule has 1 saturated carbocycles. The number of hydrogen-bond acceptors (Lipinski definition) is 4. The van der Waals surface area contributed by atoms with Gasteiger partial charge in [0.15, 0.2) is 0 Å². The average molecular weight is 356 g/mol. The highest BCUT2D eigenvalue weighted by molar-refractivity contribution is 5.92. The van der Waals surface area contributed by atoms with Gasteiger partial charge in [-0.1, -0.05) is 19.3 Å². The van der Waals surface area contributed by atoms with Gasteiger partial charge in [-0.15, -0.1) is 0 Å². The summed E-state index contributed by atoms with van der Waals surface area (Å²) in [5.41, 5.74) is 1.55. The molecule has 0 unspecified atom stereocenters. The van der Waals surface area contributed by atoms with E-state index in [1.54, 1.807) is 0 Å². The highest BCUT2D eigenvalue weighted by Gasteiger charge is 2.28. The molecule has 4 rings (SSSR count). The smallest absolute Gasteiger partial charge is 0.271 e.